The van der Waals surface area contributed by atoms with Gasteiger partial charge >= 0.3 is 6.09 Å². The van der Waals surface area contributed by atoms with E-state index in [0.717, 1.165) is 18.2 Å². The molecule has 86 valence electrons. The molecule has 0 saturated carbocycles. The van der Waals surface area contributed by atoms with Crippen LogP contribution in [0.2, 0.25) is 0 Å². The second-order valence-electron chi connectivity index (χ2n) is 3.57. The Balaban J connectivity index is 2.48. The highest BCUT2D eigenvalue weighted by atomic mass is 19.1. The molecule has 4 nitrogen and oxygen atoms in total. The Morgan fingerprint density at radius 1 is 1.50 bits per heavy atom. The molecule has 1 aromatic carbocycles. The number of amides is 1. The Morgan fingerprint density at radius 2 is 2.25 bits per heavy atom. The quantitative estimate of drug-likeness (QED) is 0.789. The Bertz CT molecular complexity index is 439. The third kappa shape index (κ3) is 1.61. The standard InChI is InChI=1S/C10H10F2N2O2/c11-6-1-2-8(12)7(3-6)10(4-13)5-14-9(15)16-10/h1-3H,4-5,13H2,(H,14,15). The molecule has 0 spiro atoms. The predicted octanol–water partition coefficient (Wildman–Crippen LogP) is 0.859. The van der Waals surface area contributed by atoms with E-state index in [4.69, 9.17) is 10.5 Å². The topological polar surface area (TPSA) is 64.3 Å². The summed E-state index contributed by atoms with van der Waals surface area (Å²) in [4.78, 5) is 11.0. The first-order valence-corrected chi connectivity index (χ1v) is 4.70. The van der Waals surface area contributed by atoms with Crippen LogP contribution in [0.4, 0.5) is 13.6 Å². The van der Waals surface area contributed by atoms with Crippen molar-refractivity contribution in [1.29, 1.82) is 0 Å². The maximum atomic E-state index is 13.5. The largest absolute Gasteiger partial charge is 0.435 e. The van der Waals surface area contributed by atoms with Gasteiger partial charge in [0, 0.05) is 12.1 Å². The number of cyclic esters (lactones) is 1. The van der Waals surface area contributed by atoms with E-state index in [9.17, 15) is 13.6 Å². The molecule has 1 aliphatic heterocycles. The highest BCUT2D eigenvalue weighted by Crippen LogP contribution is 2.30. The van der Waals surface area contributed by atoms with Gasteiger partial charge in [-0.1, -0.05) is 0 Å². The average molecular weight is 228 g/mol. The van der Waals surface area contributed by atoms with Gasteiger partial charge in [-0.05, 0) is 18.2 Å². The van der Waals surface area contributed by atoms with Gasteiger partial charge in [0.15, 0.2) is 5.60 Å². The smallest absolute Gasteiger partial charge is 0.408 e. The van der Waals surface area contributed by atoms with Crippen molar-refractivity contribution in [2.75, 3.05) is 13.1 Å². The molecule has 1 unspecified atom stereocenters. The van der Waals surface area contributed by atoms with Crippen LogP contribution in [0, 0.1) is 11.6 Å². The number of hydrogen-bond donors (Lipinski definition) is 2. The van der Waals surface area contributed by atoms with Crippen LogP contribution < -0.4 is 11.1 Å². The minimum atomic E-state index is -1.32. The van der Waals surface area contributed by atoms with Gasteiger partial charge in [0.1, 0.15) is 11.6 Å². The Morgan fingerprint density at radius 3 is 2.81 bits per heavy atom. The summed E-state index contributed by atoms with van der Waals surface area (Å²) in [5.41, 5.74) is 4.11. The van der Waals surface area contributed by atoms with Gasteiger partial charge in [-0.15, -0.1) is 0 Å². The van der Waals surface area contributed by atoms with Crippen molar-refractivity contribution in [1.82, 2.24) is 5.32 Å². The van der Waals surface area contributed by atoms with Crippen LogP contribution in [-0.2, 0) is 10.3 Å². The lowest BCUT2D eigenvalue weighted by Gasteiger charge is -2.25. The maximum Gasteiger partial charge on any atom is 0.408 e. The van der Waals surface area contributed by atoms with Gasteiger partial charge in [0.05, 0.1) is 6.54 Å². The summed E-state index contributed by atoms with van der Waals surface area (Å²) in [6.07, 6.45) is -0.686. The van der Waals surface area contributed by atoms with Crippen molar-refractivity contribution < 1.29 is 18.3 Å². The van der Waals surface area contributed by atoms with Crippen LogP contribution in [0.3, 0.4) is 0 Å². The first kappa shape index (κ1) is 10.8. The molecule has 1 heterocycles. The number of nitrogens with one attached hydrogen (secondary N) is 1. The minimum Gasteiger partial charge on any atom is -0.435 e. The third-order valence-electron chi connectivity index (χ3n) is 2.56. The summed E-state index contributed by atoms with van der Waals surface area (Å²) in [5.74, 6) is -1.25. The molecule has 2 rings (SSSR count). The van der Waals surface area contributed by atoms with E-state index in [1.807, 2.05) is 0 Å². The molecule has 0 aromatic heterocycles. The van der Waals surface area contributed by atoms with Crippen molar-refractivity contribution in [2.45, 2.75) is 5.60 Å². The van der Waals surface area contributed by atoms with Crippen LogP contribution in [0.5, 0.6) is 0 Å². The fourth-order valence-corrected chi connectivity index (χ4v) is 1.69. The van der Waals surface area contributed by atoms with Gasteiger partial charge in [-0.3, -0.25) is 0 Å². The lowest BCUT2D eigenvalue weighted by Crippen LogP contribution is -2.39. The first-order valence-electron chi connectivity index (χ1n) is 4.70. The number of ether oxygens (including phenoxy) is 1. The van der Waals surface area contributed by atoms with Gasteiger partial charge in [-0.2, -0.15) is 0 Å². The second kappa shape index (κ2) is 3.71. The monoisotopic (exact) mass is 228 g/mol. The summed E-state index contributed by atoms with van der Waals surface area (Å²) in [5, 5.41) is 2.38. The molecular formula is C10H10F2N2O2. The molecule has 0 aliphatic carbocycles. The van der Waals surface area contributed by atoms with Gasteiger partial charge in [-0.25, -0.2) is 13.6 Å². The number of halogens is 2. The lowest BCUT2D eigenvalue weighted by atomic mass is 9.93. The van der Waals surface area contributed by atoms with E-state index in [2.05, 4.69) is 5.32 Å². The van der Waals surface area contributed by atoms with E-state index in [1.54, 1.807) is 0 Å². The molecular weight excluding hydrogens is 218 g/mol. The van der Waals surface area contributed by atoms with E-state index in [-0.39, 0.29) is 18.7 Å². The fourth-order valence-electron chi connectivity index (χ4n) is 1.69. The molecule has 1 aliphatic rings. The summed E-state index contributed by atoms with van der Waals surface area (Å²) >= 11 is 0. The molecule has 1 aromatic rings. The SMILES string of the molecule is NCC1(c2cc(F)ccc2F)CNC(=O)O1. The number of rotatable bonds is 2. The normalized spacial score (nSPS) is 24.1. The van der Waals surface area contributed by atoms with Crippen molar-refractivity contribution in [3.8, 4) is 0 Å². The molecule has 0 radical (unpaired) electrons. The minimum absolute atomic E-state index is 0.0305. The number of benzene rings is 1. The number of nitrogens with two attached hydrogens (primary N) is 1. The Kier molecular flexibility index (Phi) is 2.51. The van der Waals surface area contributed by atoms with Gasteiger partial charge in [0.25, 0.3) is 0 Å². The number of alkyl carbamates (subject to hydrolysis) is 1. The molecule has 16 heavy (non-hydrogen) atoms. The number of hydrogen-bond acceptors (Lipinski definition) is 3. The summed E-state index contributed by atoms with van der Waals surface area (Å²) in [6.45, 7) is -0.0885. The van der Waals surface area contributed by atoms with E-state index in [1.165, 1.54) is 0 Å². The molecule has 0 bridgehead atoms. The van der Waals surface area contributed by atoms with Crippen LogP contribution in [0.15, 0.2) is 18.2 Å². The average Bonchev–Trinajstić information content (AvgIpc) is 2.65. The Labute approximate surface area is 90.4 Å². The fraction of sp³-hybridized carbons (Fsp3) is 0.300. The van der Waals surface area contributed by atoms with Crippen molar-refractivity contribution in [3.05, 3.63) is 35.4 Å². The zero-order valence-corrected chi connectivity index (χ0v) is 8.30. The first-order chi connectivity index (χ1) is 7.57. The maximum absolute atomic E-state index is 13.5. The van der Waals surface area contributed by atoms with Crippen LogP contribution in [0.25, 0.3) is 0 Å². The van der Waals surface area contributed by atoms with Crippen LogP contribution >= 0.6 is 0 Å². The zero-order valence-electron chi connectivity index (χ0n) is 8.30. The van der Waals surface area contributed by atoms with Gasteiger partial charge in [0.2, 0.25) is 0 Å². The highest BCUT2D eigenvalue weighted by molar-refractivity contribution is 5.70. The highest BCUT2D eigenvalue weighted by Gasteiger charge is 2.43. The van der Waals surface area contributed by atoms with E-state index >= 15 is 0 Å². The molecule has 1 saturated heterocycles. The second-order valence-corrected chi connectivity index (χ2v) is 3.57. The predicted molar refractivity (Wildman–Crippen MR) is 51.6 cm³/mol. The number of carbonyl (C=O) groups is 1. The molecule has 1 fully saturated rings. The number of carbonyl (C=O) groups excluding carboxylic acids is 1. The molecule has 1 amide bonds. The van der Waals surface area contributed by atoms with E-state index in [0.29, 0.717) is 0 Å². The summed E-state index contributed by atoms with van der Waals surface area (Å²) < 4.78 is 31.5. The van der Waals surface area contributed by atoms with E-state index < -0.39 is 23.3 Å². The summed E-state index contributed by atoms with van der Waals surface area (Å²) in [6, 6.07) is 2.96. The van der Waals surface area contributed by atoms with Crippen LogP contribution in [-0.4, -0.2) is 19.2 Å². The zero-order chi connectivity index (χ0) is 11.8. The van der Waals surface area contributed by atoms with Gasteiger partial charge < -0.3 is 15.8 Å². The lowest BCUT2D eigenvalue weighted by molar-refractivity contribution is 0.0585. The molecule has 3 N–H and O–H groups in total. The molecule has 1 atom stereocenters. The van der Waals surface area contributed by atoms with Crippen molar-refractivity contribution in [3.63, 3.8) is 0 Å². The van der Waals surface area contributed by atoms with Crippen molar-refractivity contribution in [2.24, 2.45) is 5.73 Å². The Hall–Kier alpha value is -1.69. The van der Waals surface area contributed by atoms with Crippen molar-refractivity contribution >= 4 is 6.09 Å². The summed E-state index contributed by atoms with van der Waals surface area (Å²) in [7, 11) is 0. The molecule has 6 heteroatoms. The third-order valence-corrected chi connectivity index (χ3v) is 2.56. The van der Waals surface area contributed by atoms with Crippen LogP contribution in [0.1, 0.15) is 5.56 Å².